The molecule has 6 nitrogen and oxygen atoms in total. The number of nitrogens with one attached hydrogen (secondary N) is 2. The maximum absolute atomic E-state index is 13.0. The van der Waals surface area contributed by atoms with Crippen molar-refractivity contribution in [3.63, 3.8) is 0 Å². The van der Waals surface area contributed by atoms with Crippen LogP contribution in [0.2, 0.25) is 0 Å². The van der Waals surface area contributed by atoms with Crippen LogP contribution in [0.25, 0.3) is 0 Å². The number of rotatable bonds is 4. The lowest BCUT2D eigenvalue weighted by atomic mass is 9.96. The van der Waals surface area contributed by atoms with E-state index >= 15 is 0 Å². The lowest BCUT2D eigenvalue weighted by Gasteiger charge is -2.35. The Balaban J connectivity index is 1.37. The Bertz CT molecular complexity index is 919. The monoisotopic (exact) mass is 409 g/mol. The van der Waals surface area contributed by atoms with Gasteiger partial charge in [-0.25, -0.2) is 0 Å². The molecule has 1 fully saturated rings. The lowest BCUT2D eigenvalue weighted by molar-refractivity contribution is -0.137. The summed E-state index contributed by atoms with van der Waals surface area (Å²) in [6, 6.07) is 17.2. The van der Waals surface area contributed by atoms with Gasteiger partial charge in [0, 0.05) is 24.5 Å². The molecule has 1 saturated heterocycles. The van der Waals surface area contributed by atoms with Gasteiger partial charge < -0.3 is 15.5 Å². The van der Waals surface area contributed by atoms with Crippen molar-refractivity contribution in [1.29, 1.82) is 0 Å². The molecule has 0 unspecified atom stereocenters. The van der Waals surface area contributed by atoms with Crippen LogP contribution in [0, 0.1) is 5.92 Å². The summed E-state index contributed by atoms with van der Waals surface area (Å²) in [4.78, 5) is 40.7. The SMILES string of the molecule is O=C(NCc1ccccc1)[C@@H]1CCCN(C(=O)[C@@H]2Sc3ccccc3NC2=O)C1. The van der Waals surface area contributed by atoms with E-state index in [0.29, 0.717) is 19.6 Å². The summed E-state index contributed by atoms with van der Waals surface area (Å²) < 4.78 is 0. The highest BCUT2D eigenvalue weighted by Gasteiger charge is 2.38. The second kappa shape index (κ2) is 8.69. The van der Waals surface area contributed by atoms with Gasteiger partial charge in [0.05, 0.1) is 11.6 Å². The number of carbonyl (C=O) groups is 3. The van der Waals surface area contributed by atoms with Gasteiger partial charge in [0.15, 0.2) is 5.25 Å². The van der Waals surface area contributed by atoms with Gasteiger partial charge in [0.1, 0.15) is 0 Å². The average molecular weight is 410 g/mol. The van der Waals surface area contributed by atoms with Crippen LogP contribution >= 0.6 is 11.8 Å². The molecule has 3 amide bonds. The molecule has 2 aliphatic heterocycles. The summed E-state index contributed by atoms with van der Waals surface area (Å²) in [5, 5.41) is 4.97. The minimum absolute atomic E-state index is 0.0440. The standard InChI is InChI=1S/C22H23N3O3S/c26-20(23-13-15-7-2-1-3-8-15)16-9-6-12-25(14-16)22(28)19-21(27)24-17-10-4-5-11-18(17)29-19/h1-5,7-8,10-11,16,19H,6,9,12-14H2,(H,23,26)(H,24,27)/t16-,19-/m1/s1. The van der Waals surface area contributed by atoms with Gasteiger partial charge in [-0.1, -0.05) is 42.5 Å². The van der Waals surface area contributed by atoms with Crippen LogP contribution in [0.15, 0.2) is 59.5 Å². The number of fused-ring (bicyclic) bond motifs is 1. The summed E-state index contributed by atoms with van der Waals surface area (Å²) in [5.41, 5.74) is 1.78. The molecule has 2 atom stereocenters. The zero-order valence-corrected chi connectivity index (χ0v) is 16.8. The Morgan fingerprint density at radius 2 is 1.86 bits per heavy atom. The van der Waals surface area contributed by atoms with E-state index in [4.69, 9.17) is 0 Å². The topological polar surface area (TPSA) is 78.5 Å². The van der Waals surface area contributed by atoms with E-state index in [1.807, 2.05) is 54.6 Å². The number of anilines is 1. The van der Waals surface area contributed by atoms with Crippen molar-refractivity contribution < 1.29 is 14.4 Å². The Kier molecular flexibility index (Phi) is 5.85. The quantitative estimate of drug-likeness (QED) is 0.761. The van der Waals surface area contributed by atoms with E-state index in [0.717, 1.165) is 29.0 Å². The molecule has 2 N–H and O–H groups in total. The molecule has 2 aromatic carbocycles. The van der Waals surface area contributed by atoms with Crippen molar-refractivity contribution in [2.45, 2.75) is 29.5 Å². The van der Waals surface area contributed by atoms with E-state index in [1.165, 1.54) is 11.8 Å². The van der Waals surface area contributed by atoms with Crippen LogP contribution in [0.1, 0.15) is 18.4 Å². The van der Waals surface area contributed by atoms with Crippen molar-refractivity contribution in [1.82, 2.24) is 10.2 Å². The van der Waals surface area contributed by atoms with Gasteiger partial charge in [-0.3, -0.25) is 14.4 Å². The molecule has 7 heteroatoms. The molecule has 0 spiro atoms. The molecule has 2 heterocycles. The molecule has 4 rings (SSSR count). The van der Waals surface area contributed by atoms with E-state index in [9.17, 15) is 14.4 Å². The highest BCUT2D eigenvalue weighted by atomic mass is 32.2. The normalized spacial score (nSPS) is 21.1. The number of hydrogen-bond donors (Lipinski definition) is 2. The molecule has 150 valence electrons. The smallest absolute Gasteiger partial charge is 0.247 e. The zero-order valence-electron chi connectivity index (χ0n) is 16.0. The van der Waals surface area contributed by atoms with Gasteiger partial charge in [0.25, 0.3) is 0 Å². The van der Waals surface area contributed by atoms with E-state index < -0.39 is 5.25 Å². The second-order valence-corrected chi connectivity index (χ2v) is 8.46. The average Bonchev–Trinajstić information content (AvgIpc) is 2.77. The third-order valence-electron chi connectivity index (χ3n) is 5.27. The van der Waals surface area contributed by atoms with Crippen LogP contribution < -0.4 is 10.6 Å². The number of nitrogens with zero attached hydrogens (tertiary/aromatic N) is 1. The third kappa shape index (κ3) is 4.45. The van der Waals surface area contributed by atoms with Gasteiger partial charge in [-0.15, -0.1) is 11.8 Å². The molecule has 0 aromatic heterocycles. The van der Waals surface area contributed by atoms with Crippen molar-refractivity contribution in [2.24, 2.45) is 5.92 Å². The first kappa shape index (κ1) is 19.5. The fourth-order valence-corrected chi connectivity index (χ4v) is 4.77. The first-order chi connectivity index (χ1) is 14.1. The van der Waals surface area contributed by atoms with Gasteiger partial charge in [0.2, 0.25) is 17.7 Å². The molecule has 2 aromatic rings. The van der Waals surface area contributed by atoms with Crippen molar-refractivity contribution in [2.75, 3.05) is 18.4 Å². The fraction of sp³-hybridized carbons (Fsp3) is 0.318. The van der Waals surface area contributed by atoms with Crippen LogP contribution in [0.4, 0.5) is 5.69 Å². The van der Waals surface area contributed by atoms with Crippen molar-refractivity contribution in [3.05, 3.63) is 60.2 Å². The summed E-state index contributed by atoms with van der Waals surface area (Å²) in [6.07, 6.45) is 1.50. The maximum Gasteiger partial charge on any atom is 0.247 e. The Morgan fingerprint density at radius 1 is 1.10 bits per heavy atom. The Morgan fingerprint density at radius 3 is 2.69 bits per heavy atom. The van der Waals surface area contributed by atoms with Crippen molar-refractivity contribution >= 4 is 35.2 Å². The van der Waals surface area contributed by atoms with Crippen LogP contribution in [-0.4, -0.2) is 41.0 Å². The molecule has 29 heavy (non-hydrogen) atoms. The highest BCUT2D eigenvalue weighted by Crippen LogP contribution is 2.36. The number of benzene rings is 2. The number of piperidine rings is 1. The fourth-order valence-electron chi connectivity index (χ4n) is 3.70. The summed E-state index contributed by atoms with van der Waals surface area (Å²) in [5.74, 6) is -0.810. The summed E-state index contributed by atoms with van der Waals surface area (Å²) in [6.45, 7) is 1.40. The number of thioether (sulfide) groups is 1. The first-order valence-corrected chi connectivity index (χ1v) is 10.7. The molecular formula is C22H23N3O3S. The van der Waals surface area contributed by atoms with Gasteiger partial charge >= 0.3 is 0 Å². The van der Waals surface area contributed by atoms with Crippen LogP contribution in [0.5, 0.6) is 0 Å². The molecule has 0 radical (unpaired) electrons. The summed E-state index contributed by atoms with van der Waals surface area (Å²) >= 11 is 1.28. The van der Waals surface area contributed by atoms with Crippen LogP contribution in [-0.2, 0) is 20.9 Å². The Labute approximate surface area is 174 Å². The zero-order chi connectivity index (χ0) is 20.2. The maximum atomic E-state index is 13.0. The third-order valence-corrected chi connectivity index (χ3v) is 6.53. The molecule has 0 bridgehead atoms. The molecule has 0 saturated carbocycles. The first-order valence-electron chi connectivity index (χ1n) is 9.79. The lowest BCUT2D eigenvalue weighted by Crippen LogP contribution is -2.50. The number of amides is 3. The van der Waals surface area contributed by atoms with E-state index in [1.54, 1.807) is 4.90 Å². The number of para-hydroxylation sites is 1. The largest absolute Gasteiger partial charge is 0.352 e. The van der Waals surface area contributed by atoms with Gasteiger partial charge in [-0.05, 0) is 30.5 Å². The number of carbonyl (C=O) groups excluding carboxylic acids is 3. The van der Waals surface area contributed by atoms with E-state index in [-0.39, 0.29) is 23.6 Å². The predicted molar refractivity (Wildman–Crippen MR) is 112 cm³/mol. The predicted octanol–water partition coefficient (Wildman–Crippen LogP) is 2.65. The van der Waals surface area contributed by atoms with Gasteiger partial charge in [-0.2, -0.15) is 0 Å². The highest BCUT2D eigenvalue weighted by molar-refractivity contribution is 8.01. The van der Waals surface area contributed by atoms with E-state index in [2.05, 4.69) is 10.6 Å². The minimum atomic E-state index is -0.809. The molecular weight excluding hydrogens is 386 g/mol. The number of likely N-dealkylation sites (tertiary alicyclic amines) is 1. The Hall–Kier alpha value is -2.80. The molecule has 2 aliphatic rings. The second-order valence-electron chi connectivity index (χ2n) is 7.31. The molecule has 0 aliphatic carbocycles. The minimum Gasteiger partial charge on any atom is -0.352 e. The van der Waals surface area contributed by atoms with Crippen molar-refractivity contribution in [3.8, 4) is 0 Å². The van der Waals surface area contributed by atoms with Crippen LogP contribution in [0.3, 0.4) is 0 Å². The number of hydrogen-bond acceptors (Lipinski definition) is 4. The summed E-state index contributed by atoms with van der Waals surface area (Å²) in [7, 11) is 0.